The van der Waals surface area contributed by atoms with Gasteiger partial charge in [0.1, 0.15) is 12.6 Å². The number of benzene rings is 1. The van der Waals surface area contributed by atoms with Gasteiger partial charge in [-0.1, -0.05) is 27.7 Å². The molecule has 1 fully saturated rings. The SMILES string of the molecule is CC(C)(C)[Si](C)(C)OC[C@@]1(C)CNc2c(C#N)cc(-c3ccnc(Nc4cn(CC(F)F)nc4C(=O)N4CCCC4)n3)cc21. The molecule has 0 bridgehead atoms. The standard InChI is InChI=1S/C31H40F2N8O2Si/c1-30(2,3)44(5,6)43-19-31(4)18-36-26-21(15-34)13-20(14-22(26)31)23-9-10-35-29(37-23)38-24-16-41(17-25(32)33)39-27(24)28(42)40-11-7-8-12-40/h9-10,13-14,16,25,36H,7-8,11-12,17-19H2,1-6H3,(H,35,37,38)/t31-/m1/s1. The van der Waals surface area contributed by atoms with Gasteiger partial charge >= 0.3 is 0 Å². The van der Waals surface area contributed by atoms with Crippen LogP contribution in [-0.4, -0.2) is 71.5 Å². The monoisotopic (exact) mass is 622 g/mol. The number of carbonyl (C=O) groups is 1. The molecule has 4 heterocycles. The summed E-state index contributed by atoms with van der Waals surface area (Å²) < 4.78 is 34.0. The minimum Gasteiger partial charge on any atom is -0.416 e. The fourth-order valence-corrected chi connectivity index (χ4v) is 6.40. The number of hydrogen-bond donors (Lipinski definition) is 2. The van der Waals surface area contributed by atoms with Crippen LogP contribution in [0.1, 0.15) is 62.2 Å². The van der Waals surface area contributed by atoms with Gasteiger partial charge in [-0.25, -0.2) is 18.7 Å². The van der Waals surface area contributed by atoms with E-state index in [0.29, 0.717) is 37.5 Å². The lowest BCUT2D eigenvalue weighted by Gasteiger charge is -2.39. The molecule has 3 aromatic rings. The van der Waals surface area contributed by atoms with Crippen molar-refractivity contribution in [2.45, 2.75) is 77.1 Å². The quantitative estimate of drug-likeness (QED) is 0.272. The van der Waals surface area contributed by atoms with Gasteiger partial charge in [0.2, 0.25) is 5.95 Å². The highest BCUT2D eigenvalue weighted by Crippen LogP contribution is 2.44. The second-order valence-corrected chi connectivity index (χ2v) is 18.2. The van der Waals surface area contributed by atoms with Crippen LogP contribution in [0.5, 0.6) is 0 Å². The van der Waals surface area contributed by atoms with Crippen molar-refractivity contribution in [2.75, 3.05) is 36.9 Å². The summed E-state index contributed by atoms with van der Waals surface area (Å²) in [5, 5.41) is 20.7. The molecule has 2 aromatic heterocycles. The van der Waals surface area contributed by atoms with Gasteiger partial charge in [0.15, 0.2) is 14.0 Å². The van der Waals surface area contributed by atoms with Crippen molar-refractivity contribution < 1.29 is 18.0 Å². The van der Waals surface area contributed by atoms with Crippen LogP contribution in [0, 0.1) is 11.3 Å². The van der Waals surface area contributed by atoms with Gasteiger partial charge in [0.25, 0.3) is 12.3 Å². The number of fused-ring (bicyclic) bond motifs is 1. The molecule has 1 saturated heterocycles. The maximum atomic E-state index is 13.2. The van der Waals surface area contributed by atoms with E-state index in [2.05, 4.69) is 72.6 Å². The van der Waals surface area contributed by atoms with E-state index < -0.39 is 21.3 Å². The van der Waals surface area contributed by atoms with Gasteiger partial charge < -0.3 is 20.0 Å². The highest BCUT2D eigenvalue weighted by atomic mass is 28.4. The molecule has 0 unspecified atom stereocenters. The summed E-state index contributed by atoms with van der Waals surface area (Å²) in [6.07, 6.45) is 2.11. The fourth-order valence-electron chi connectivity index (χ4n) is 5.28. The first-order valence-corrected chi connectivity index (χ1v) is 17.8. The summed E-state index contributed by atoms with van der Waals surface area (Å²) in [6, 6.07) is 7.90. The number of nitrogens with zero attached hydrogens (tertiary/aromatic N) is 6. The first kappa shape index (κ1) is 31.5. The minimum absolute atomic E-state index is 0.0504. The van der Waals surface area contributed by atoms with E-state index in [0.717, 1.165) is 34.3 Å². The highest BCUT2D eigenvalue weighted by molar-refractivity contribution is 6.74. The number of alkyl halides is 2. The van der Waals surface area contributed by atoms with Crippen molar-refractivity contribution in [3.05, 3.63) is 47.4 Å². The Balaban J connectivity index is 1.46. The first-order chi connectivity index (χ1) is 20.7. The maximum absolute atomic E-state index is 13.2. The Morgan fingerprint density at radius 1 is 1.27 bits per heavy atom. The number of halogens is 2. The minimum atomic E-state index is -2.63. The van der Waals surface area contributed by atoms with Crippen LogP contribution in [0.15, 0.2) is 30.6 Å². The van der Waals surface area contributed by atoms with E-state index in [1.807, 2.05) is 6.07 Å². The second kappa shape index (κ2) is 11.9. The highest BCUT2D eigenvalue weighted by Gasteiger charge is 2.42. The number of nitrogens with one attached hydrogen (secondary N) is 2. The van der Waals surface area contributed by atoms with E-state index >= 15 is 0 Å². The predicted molar refractivity (Wildman–Crippen MR) is 168 cm³/mol. The average molecular weight is 623 g/mol. The Morgan fingerprint density at radius 3 is 2.66 bits per heavy atom. The third kappa shape index (κ3) is 6.32. The lowest BCUT2D eigenvalue weighted by Crippen LogP contribution is -2.45. The Bertz CT molecular complexity index is 1590. The zero-order valence-electron chi connectivity index (χ0n) is 26.2. The third-order valence-electron chi connectivity index (χ3n) is 9.00. The van der Waals surface area contributed by atoms with Gasteiger partial charge in [-0.05, 0) is 54.7 Å². The lowest BCUT2D eigenvalue weighted by molar-refractivity contribution is 0.0783. The number of likely N-dealkylation sites (tertiary alicyclic amines) is 1. The molecule has 0 radical (unpaired) electrons. The molecule has 2 aliphatic rings. The van der Waals surface area contributed by atoms with Gasteiger partial charge in [-0.3, -0.25) is 9.48 Å². The zero-order chi connectivity index (χ0) is 31.9. The van der Waals surface area contributed by atoms with E-state index in [9.17, 15) is 18.8 Å². The van der Waals surface area contributed by atoms with Crippen LogP contribution >= 0.6 is 0 Å². The molecule has 1 aromatic carbocycles. The number of amides is 1. The molecular formula is C31H40F2N8O2Si. The summed E-state index contributed by atoms with van der Waals surface area (Å²) in [5.74, 6) is -0.145. The Hall–Kier alpha value is -3.89. The predicted octanol–water partition coefficient (Wildman–Crippen LogP) is 6.16. The third-order valence-corrected chi connectivity index (χ3v) is 13.5. The first-order valence-electron chi connectivity index (χ1n) is 14.9. The van der Waals surface area contributed by atoms with Crippen LogP contribution in [-0.2, 0) is 16.4 Å². The average Bonchev–Trinajstić information content (AvgIpc) is 3.71. The van der Waals surface area contributed by atoms with Crippen LogP contribution in [0.3, 0.4) is 0 Å². The van der Waals surface area contributed by atoms with Gasteiger partial charge in [-0.2, -0.15) is 10.4 Å². The molecular weight excluding hydrogens is 582 g/mol. The fraction of sp³-hybridized carbons (Fsp3) is 0.516. The molecule has 2 N–H and O–H groups in total. The molecule has 5 rings (SSSR count). The Kier molecular flexibility index (Phi) is 8.52. The summed E-state index contributed by atoms with van der Waals surface area (Å²) >= 11 is 0. The number of nitriles is 1. The number of anilines is 3. The number of aromatic nitrogens is 4. The molecule has 234 valence electrons. The van der Waals surface area contributed by atoms with Gasteiger partial charge in [0.05, 0.1) is 22.6 Å². The molecule has 10 nitrogen and oxygen atoms in total. The van der Waals surface area contributed by atoms with Gasteiger partial charge in [0, 0.05) is 49.6 Å². The van der Waals surface area contributed by atoms with E-state index in [1.165, 1.54) is 6.20 Å². The molecule has 2 aliphatic heterocycles. The summed E-state index contributed by atoms with van der Waals surface area (Å²) in [5.41, 5.74) is 3.55. The molecule has 0 spiro atoms. The van der Waals surface area contributed by atoms with Crippen molar-refractivity contribution in [1.29, 1.82) is 5.26 Å². The number of carbonyl (C=O) groups excluding carboxylic acids is 1. The molecule has 0 aliphatic carbocycles. The topological polar surface area (TPSA) is 121 Å². The summed E-state index contributed by atoms with van der Waals surface area (Å²) in [6.45, 7) is 15.0. The number of rotatable bonds is 9. The number of hydrogen-bond acceptors (Lipinski definition) is 8. The summed E-state index contributed by atoms with van der Waals surface area (Å²) in [7, 11) is -2.01. The van der Waals surface area contributed by atoms with E-state index in [1.54, 1.807) is 23.2 Å². The van der Waals surface area contributed by atoms with Crippen molar-refractivity contribution in [1.82, 2.24) is 24.6 Å². The van der Waals surface area contributed by atoms with Crippen molar-refractivity contribution in [2.24, 2.45) is 0 Å². The molecule has 1 amide bonds. The summed E-state index contributed by atoms with van der Waals surface area (Å²) in [4.78, 5) is 23.9. The van der Waals surface area contributed by atoms with Crippen molar-refractivity contribution >= 4 is 31.5 Å². The van der Waals surface area contributed by atoms with E-state index in [4.69, 9.17) is 4.43 Å². The van der Waals surface area contributed by atoms with Crippen LogP contribution in [0.2, 0.25) is 18.1 Å². The van der Waals surface area contributed by atoms with Crippen molar-refractivity contribution in [3.8, 4) is 17.3 Å². The maximum Gasteiger partial charge on any atom is 0.276 e. The zero-order valence-corrected chi connectivity index (χ0v) is 27.2. The largest absolute Gasteiger partial charge is 0.416 e. The van der Waals surface area contributed by atoms with Gasteiger partial charge in [-0.15, -0.1) is 0 Å². The smallest absolute Gasteiger partial charge is 0.276 e. The Morgan fingerprint density at radius 2 is 2.00 bits per heavy atom. The normalized spacial score (nSPS) is 18.3. The van der Waals surface area contributed by atoms with Crippen LogP contribution in [0.4, 0.5) is 26.1 Å². The van der Waals surface area contributed by atoms with Crippen molar-refractivity contribution in [3.63, 3.8) is 0 Å². The lowest BCUT2D eigenvalue weighted by atomic mass is 9.83. The molecule has 13 heteroatoms. The molecule has 44 heavy (non-hydrogen) atoms. The van der Waals surface area contributed by atoms with Crippen LogP contribution in [0.25, 0.3) is 11.3 Å². The second-order valence-electron chi connectivity index (χ2n) is 13.4. The van der Waals surface area contributed by atoms with Crippen LogP contribution < -0.4 is 10.6 Å². The molecule has 0 saturated carbocycles. The molecule has 1 atom stereocenters. The Labute approximate surface area is 258 Å². The van der Waals surface area contributed by atoms with E-state index in [-0.39, 0.29) is 33.7 Å².